The van der Waals surface area contributed by atoms with Crippen LogP contribution in [0.4, 0.5) is 5.69 Å². The second-order valence-electron chi connectivity index (χ2n) is 14.8. The summed E-state index contributed by atoms with van der Waals surface area (Å²) in [6.45, 7) is 7.70. The van der Waals surface area contributed by atoms with Crippen molar-refractivity contribution in [2.24, 2.45) is 17.8 Å². The number of hydrogen-bond donors (Lipinski definition) is 4. The van der Waals surface area contributed by atoms with E-state index in [0.717, 1.165) is 54.6 Å². The molecule has 0 unspecified atom stereocenters. The number of carbonyl (C=O) groups excluding carboxylic acids is 3. The largest absolute Gasteiger partial charge is 0.496 e. The highest BCUT2D eigenvalue weighted by Gasteiger charge is 2.50. The molecule has 2 aromatic rings. The van der Waals surface area contributed by atoms with Crippen LogP contribution in [0.25, 0.3) is 11.1 Å². The van der Waals surface area contributed by atoms with Crippen LogP contribution in [0.1, 0.15) is 75.2 Å². The van der Waals surface area contributed by atoms with Gasteiger partial charge in [-0.05, 0) is 61.8 Å². The van der Waals surface area contributed by atoms with Crippen LogP contribution < -0.4 is 20.3 Å². The molecule has 2 saturated heterocycles. The maximum atomic E-state index is 14.0. The maximum absolute atomic E-state index is 14.0. The predicted octanol–water partition coefficient (Wildman–Crippen LogP) is 3.59. The SMILES string of the molecule is COc1c(CN2O[C@@H](CO)[C@@H]([C@H](C)O)[C@H]2C(=O)N[C@H]2CCC[C@@H](C)[C@@H]2C)cccc1-c1cc(C(=O)NCCCN2CCCC2=O)cc(N(C)C)c1. The zero-order chi connectivity index (χ0) is 36.8. The lowest BCUT2D eigenvalue weighted by atomic mass is 9.77. The van der Waals surface area contributed by atoms with Gasteiger partial charge in [-0.25, -0.2) is 0 Å². The number of aliphatic hydroxyl groups is 2. The Kier molecular flexibility index (Phi) is 13.0. The maximum Gasteiger partial charge on any atom is 0.251 e. The molecule has 4 N–H and O–H groups in total. The van der Waals surface area contributed by atoms with Gasteiger partial charge in [0.15, 0.2) is 0 Å². The summed E-state index contributed by atoms with van der Waals surface area (Å²) in [4.78, 5) is 49.4. The van der Waals surface area contributed by atoms with E-state index in [4.69, 9.17) is 9.57 Å². The third kappa shape index (κ3) is 8.85. The predicted molar refractivity (Wildman–Crippen MR) is 196 cm³/mol. The molecule has 5 rings (SSSR count). The molecular weight excluding hydrogens is 650 g/mol. The van der Waals surface area contributed by atoms with Crippen molar-refractivity contribution in [1.29, 1.82) is 0 Å². The molecule has 12 nitrogen and oxygen atoms in total. The number of amides is 3. The lowest BCUT2D eigenvalue weighted by molar-refractivity contribution is -0.182. The van der Waals surface area contributed by atoms with Crippen LogP contribution in [0.15, 0.2) is 36.4 Å². The second-order valence-corrected chi connectivity index (χ2v) is 14.8. The Bertz CT molecular complexity index is 1530. The van der Waals surface area contributed by atoms with Gasteiger partial charge in [-0.3, -0.25) is 19.2 Å². The normalized spacial score (nSPS) is 25.9. The minimum atomic E-state index is -0.903. The minimum absolute atomic E-state index is 0.0217. The highest BCUT2D eigenvalue weighted by Crippen LogP contribution is 2.39. The number of likely N-dealkylation sites (tertiary alicyclic amines) is 1. The standard InChI is InChI=1S/C39H57N5O7/c1-24-11-7-14-32(25(24)2)41-39(49)36-35(26(3)46)33(23-45)51-44(36)22-27-12-8-13-31(37(27)50-6)28-19-29(21-30(20-28)42(4)5)38(48)40-16-10-18-43-17-9-15-34(43)47/h8,12-13,19-21,24-26,32-33,35-36,45-46H,7,9-11,14-18,22-23H2,1-6H3,(H,40,48)(H,41,49)/t24-,25+,26+,32+,33+,35-,36+/m1/s1. The number of rotatable bonds is 14. The van der Waals surface area contributed by atoms with E-state index in [-0.39, 0.29) is 36.9 Å². The number of para-hydroxylation sites is 1. The molecular formula is C39H57N5O7. The van der Waals surface area contributed by atoms with E-state index < -0.39 is 24.2 Å². The lowest BCUT2D eigenvalue weighted by Crippen LogP contribution is -2.53. The Labute approximate surface area is 302 Å². The van der Waals surface area contributed by atoms with Gasteiger partial charge >= 0.3 is 0 Å². The van der Waals surface area contributed by atoms with Crippen LogP contribution in [0.3, 0.4) is 0 Å². The number of hydrogen-bond acceptors (Lipinski definition) is 9. The molecule has 280 valence electrons. The van der Waals surface area contributed by atoms with Crippen LogP contribution in [0.5, 0.6) is 5.75 Å². The second kappa shape index (κ2) is 17.2. The van der Waals surface area contributed by atoms with E-state index in [1.807, 2.05) is 60.3 Å². The fraction of sp³-hybridized carbons (Fsp3) is 0.615. The Balaban J connectivity index is 1.39. The fourth-order valence-corrected chi connectivity index (χ4v) is 7.95. The number of nitrogens with zero attached hydrogens (tertiary/aromatic N) is 3. The average Bonchev–Trinajstić information content (AvgIpc) is 3.70. The molecule has 3 fully saturated rings. The molecule has 0 bridgehead atoms. The Morgan fingerprint density at radius 1 is 1.14 bits per heavy atom. The number of nitrogens with one attached hydrogen (secondary N) is 2. The Hall–Kier alpha value is -3.71. The van der Waals surface area contributed by atoms with Gasteiger partial charge < -0.3 is 35.4 Å². The molecule has 7 atom stereocenters. The van der Waals surface area contributed by atoms with Crippen LogP contribution >= 0.6 is 0 Å². The quantitative estimate of drug-likeness (QED) is 0.217. The van der Waals surface area contributed by atoms with Crippen LogP contribution in [0.2, 0.25) is 0 Å². The average molecular weight is 708 g/mol. The summed E-state index contributed by atoms with van der Waals surface area (Å²) in [6.07, 6.45) is 3.59. The summed E-state index contributed by atoms with van der Waals surface area (Å²) >= 11 is 0. The first-order valence-electron chi connectivity index (χ1n) is 18.5. The molecule has 3 aliphatic rings. The van der Waals surface area contributed by atoms with Crippen LogP contribution in [-0.2, 0) is 21.0 Å². The first-order chi connectivity index (χ1) is 24.4. The Morgan fingerprint density at radius 3 is 2.59 bits per heavy atom. The van der Waals surface area contributed by atoms with Crippen molar-refractivity contribution >= 4 is 23.4 Å². The van der Waals surface area contributed by atoms with E-state index in [1.165, 1.54) is 0 Å². The molecule has 0 radical (unpaired) electrons. The lowest BCUT2D eigenvalue weighted by Gasteiger charge is -2.36. The van der Waals surface area contributed by atoms with Crippen molar-refractivity contribution in [2.45, 2.75) is 90.1 Å². The Morgan fingerprint density at radius 2 is 1.92 bits per heavy atom. The summed E-state index contributed by atoms with van der Waals surface area (Å²) in [5.41, 5.74) is 3.62. The van der Waals surface area contributed by atoms with Gasteiger partial charge in [0.05, 0.1) is 26.4 Å². The van der Waals surface area contributed by atoms with E-state index in [9.17, 15) is 24.6 Å². The summed E-state index contributed by atoms with van der Waals surface area (Å²) in [6, 6.07) is 10.6. The zero-order valence-electron chi connectivity index (χ0n) is 31.1. The van der Waals surface area contributed by atoms with Crippen molar-refractivity contribution in [2.75, 3.05) is 52.3 Å². The van der Waals surface area contributed by atoms with Crippen molar-refractivity contribution in [3.8, 4) is 16.9 Å². The molecule has 12 heteroatoms. The topological polar surface area (TPSA) is 144 Å². The molecule has 3 amide bonds. The number of carbonyl (C=O) groups is 3. The summed E-state index contributed by atoms with van der Waals surface area (Å²) in [5.74, 6) is 0.481. The first-order valence-corrected chi connectivity index (χ1v) is 18.5. The van der Waals surface area contributed by atoms with Crippen LogP contribution in [-0.4, -0.2) is 110 Å². The molecule has 1 saturated carbocycles. The highest BCUT2D eigenvalue weighted by molar-refractivity contribution is 5.97. The zero-order valence-corrected chi connectivity index (χ0v) is 31.1. The molecule has 0 aromatic heterocycles. The van der Waals surface area contributed by atoms with Gasteiger partial charge in [-0.1, -0.05) is 44.9 Å². The van der Waals surface area contributed by atoms with Gasteiger partial charge in [0.1, 0.15) is 17.9 Å². The van der Waals surface area contributed by atoms with Crippen LogP contribution in [0, 0.1) is 17.8 Å². The first kappa shape index (κ1) is 38.5. The van der Waals surface area contributed by atoms with Gasteiger partial charge in [-0.15, -0.1) is 0 Å². The van der Waals surface area contributed by atoms with E-state index in [0.29, 0.717) is 49.1 Å². The monoisotopic (exact) mass is 707 g/mol. The smallest absolute Gasteiger partial charge is 0.251 e. The number of benzene rings is 2. The van der Waals surface area contributed by atoms with Gasteiger partial charge in [-0.2, -0.15) is 5.06 Å². The number of aliphatic hydroxyl groups excluding tert-OH is 2. The molecule has 2 aliphatic heterocycles. The van der Waals surface area contributed by atoms with Gasteiger partial charge in [0.2, 0.25) is 11.8 Å². The minimum Gasteiger partial charge on any atom is -0.496 e. The van der Waals surface area contributed by atoms with E-state index in [2.05, 4.69) is 24.5 Å². The third-order valence-corrected chi connectivity index (χ3v) is 11.1. The van der Waals surface area contributed by atoms with E-state index >= 15 is 0 Å². The number of anilines is 1. The van der Waals surface area contributed by atoms with Crippen molar-refractivity contribution in [1.82, 2.24) is 20.6 Å². The van der Waals surface area contributed by atoms with Gasteiger partial charge in [0.25, 0.3) is 5.91 Å². The molecule has 2 aromatic carbocycles. The summed E-state index contributed by atoms with van der Waals surface area (Å²) < 4.78 is 6.02. The molecule has 2 heterocycles. The van der Waals surface area contributed by atoms with Crippen molar-refractivity contribution < 1.29 is 34.2 Å². The molecule has 51 heavy (non-hydrogen) atoms. The number of methoxy groups -OCH3 is 1. The summed E-state index contributed by atoms with van der Waals surface area (Å²) in [5, 5.41) is 29.0. The number of ether oxygens (including phenoxy) is 1. The molecule has 1 aliphatic carbocycles. The third-order valence-electron chi connectivity index (χ3n) is 11.1. The van der Waals surface area contributed by atoms with Gasteiger partial charge in [0, 0.05) is 74.5 Å². The van der Waals surface area contributed by atoms with E-state index in [1.54, 1.807) is 19.1 Å². The van der Waals surface area contributed by atoms with Crippen molar-refractivity contribution in [3.63, 3.8) is 0 Å². The number of hydroxylamine groups is 2. The fourth-order valence-electron chi connectivity index (χ4n) is 7.95. The summed E-state index contributed by atoms with van der Waals surface area (Å²) in [7, 11) is 5.43. The molecule has 0 spiro atoms. The van der Waals surface area contributed by atoms with Crippen molar-refractivity contribution in [3.05, 3.63) is 47.5 Å². The highest BCUT2D eigenvalue weighted by atomic mass is 16.7.